The summed E-state index contributed by atoms with van der Waals surface area (Å²) in [5, 5.41) is 2.81. The lowest BCUT2D eigenvalue weighted by Crippen LogP contribution is -2.43. The minimum Gasteiger partial charge on any atom is -0.484 e. The van der Waals surface area contributed by atoms with E-state index < -0.39 is 11.8 Å². The average molecular weight is 357 g/mol. The average Bonchev–Trinajstić information content (AvgIpc) is 3.40. The van der Waals surface area contributed by atoms with Crippen LogP contribution in [0.25, 0.3) is 0 Å². The highest BCUT2D eigenvalue weighted by molar-refractivity contribution is 5.96. The maximum absolute atomic E-state index is 11.8. The van der Waals surface area contributed by atoms with Crippen LogP contribution < -0.4 is 20.9 Å². The Bertz CT molecular complexity index is 826. The fraction of sp³-hybridized carbons (Fsp3) is 0.278. The standard InChI is InChI=1S/C18H19N3O5/c1-11-15(7-8-25-11)18(24)21-20-16(22)10-26-14-4-2-3-13(9-14)19-17(23)12-5-6-12/h2-4,7-9,12H,5-6,10H2,1H3,(H,19,23)(H,20,22)(H,21,24). The van der Waals surface area contributed by atoms with Crippen LogP contribution in [0.15, 0.2) is 41.0 Å². The molecule has 1 aliphatic carbocycles. The molecule has 0 spiro atoms. The maximum atomic E-state index is 11.8. The van der Waals surface area contributed by atoms with Gasteiger partial charge in [-0.3, -0.25) is 25.2 Å². The van der Waals surface area contributed by atoms with Gasteiger partial charge in [0, 0.05) is 17.7 Å². The highest BCUT2D eigenvalue weighted by Crippen LogP contribution is 2.30. The molecule has 136 valence electrons. The predicted octanol–water partition coefficient (Wildman–Crippen LogP) is 1.78. The number of hydrogen-bond acceptors (Lipinski definition) is 5. The summed E-state index contributed by atoms with van der Waals surface area (Å²) in [7, 11) is 0. The molecule has 0 saturated heterocycles. The molecule has 0 radical (unpaired) electrons. The molecule has 0 aliphatic heterocycles. The van der Waals surface area contributed by atoms with E-state index >= 15 is 0 Å². The smallest absolute Gasteiger partial charge is 0.276 e. The van der Waals surface area contributed by atoms with Crippen LogP contribution in [0.2, 0.25) is 0 Å². The number of nitrogens with one attached hydrogen (secondary N) is 3. The third-order valence-corrected chi connectivity index (χ3v) is 3.84. The predicted molar refractivity (Wildman–Crippen MR) is 92.3 cm³/mol. The fourth-order valence-electron chi connectivity index (χ4n) is 2.25. The summed E-state index contributed by atoms with van der Waals surface area (Å²) in [4.78, 5) is 35.4. The molecule has 1 fully saturated rings. The number of ether oxygens (including phenoxy) is 1. The molecular weight excluding hydrogens is 338 g/mol. The molecule has 1 saturated carbocycles. The molecule has 3 N–H and O–H groups in total. The number of amides is 3. The summed E-state index contributed by atoms with van der Waals surface area (Å²) in [6.07, 6.45) is 3.24. The normalized spacial score (nSPS) is 13.0. The van der Waals surface area contributed by atoms with Crippen molar-refractivity contribution in [3.05, 3.63) is 47.9 Å². The van der Waals surface area contributed by atoms with Gasteiger partial charge in [0.05, 0.1) is 11.8 Å². The number of anilines is 1. The van der Waals surface area contributed by atoms with Crippen LogP contribution in [0.4, 0.5) is 5.69 Å². The van der Waals surface area contributed by atoms with Gasteiger partial charge in [-0.25, -0.2) is 0 Å². The Morgan fingerprint density at radius 2 is 2.00 bits per heavy atom. The Balaban J connectivity index is 1.44. The minimum absolute atomic E-state index is 0.00264. The highest BCUT2D eigenvalue weighted by atomic mass is 16.5. The zero-order valence-corrected chi connectivity index (χ0v) is 14.2. The summed E-state index contributed by atoms with van der Waals surface area (Å²) < 4.78 is 10.4. The van der Waals surface area contributed by atoms with E-state index in [1.165, 1.54) is 12.3 Å². The summed E-state index contributed by atoms with van der Waals surface area (Å²) in [5.74, 6) is -0.00455. The van der Waals surface area contributed by atoms with Crippen LogP contribution in [-0.2, 0) is 9.59 Å². The van der Waals surface area contributed by atoms with Crippen molar-refractivity contribution < 1.29 is 23.5 Å². The molecule has 0 atom stereocenters. The number of hydrazine groups is 1. The van der Waals surface area contributed by atoms with Crippen molar-refractivity contribution in [1.82, 2.24) is 10.9 Å². The molecular formula is C18H19N3O5. The van der Waals surface area contributed by atoms with E-state index in [0.717, 1.165) is 12.8 Å². The fourth-order valence-corrected chi connectivity index (χ4v) is 2.25. The third-order valence-electron chi connectivity index (χ3n) is 3.84. The third kappa shape index (κ3) is 4.62. The van der Waals surface area contributed by atoms with Gasteiger partial charge in [-0.1, -0.05) is 6.07 Å². The molecule has 3 amide bonds. The van der Waals surface area contributed by atoms with Gasteiger partial charge in [0.2, 0.25) is 5.91 Å². The number of carbonyl (C=O) groups excluding carboxylic acids is 3. The summed E-state index contributed by atoms with van der Waals surface area (Å²) in [6.45, 7) is 1.36. The number of aryl methyl sites for hydroxylation is 1. The molecule has 1 aromatic carbocycles. The minimum atomic E-state index is -0.521. The second kappa shape index (κ2) is 7.73. The summed E-state index contributed by atoms with van der Waals surface area (Å²) in [6, 6.07) is 8.29. The Labute approximate surface area is 149 Å². The Hall–Kier alpha value is -3.29. The number of furan rings is 1. The second-order valence-corrected chi connectivity index (χ2v) is 5.97. The molecule has 26 heavy (non-hydrogen) atoms. The van der Waals surface area contributed by atoms with Crippen LogP contribution in [0.3, 0.4) is 0 Å². The lowest BCUT2D eigenvalue weighted by atomic mass is 10.2. The Morgan fingerprint density at radius 1 is 1.19 bits per heavy atom. The first-order chi connectivity index (χ1) is 12.5. The van der Waals surface area contributed by atoms with Crippen LogP contribution in [0.1, 0.15) is 29.0 Å². The molecule has 1 aromatic heterocycles. The first-order valence-electron chi connectivity index (χ1n) is 8.20. The largest absolute Gasteiger partial charge is 0.484 e. The Morgan fingerprint density at radius 3 is 2.69 bits per heavy atom. The van der Waals surface area contributed by atoms with E-state index in [9.17, 15) is 14.4 Å². The van der Waals surface area contributed by atoms with Crippen LogP contribution in [-0.4, -0.2) is 24.3 Å². The van der Waals surface area contributed by atoms with Crippen molar-refractivity contribution >= 4 is 23.4 Å². The Kier molecular flexibility index (Phi) is 5.21. The van der Waals surface area contributed by atoms with Gasteiger partial charge in [-0.2, -0.15) is 0 Å². The van der Waals surface area contributed by atoms with Gasteiger partial charge in [-0.05, 0) is 38.0 Å². The van der Waals surface area contributed by atoms with Crippen LogP contribution >= 0.6 is 0 Å². The summed E-state index contributed by atoms with van der Waals surface area (Å²) >= 11 is 0. The van der Waals surface area contributed by atoms with Crippen molar-refractivity contribution in [2.75, 3.05) is 11.9 Å². The number of carbonyl (C=O) groups is 3. The van der Waals surface area contributed by atoms with Crippen molar-refractivity contribution in [3.8, 4) is 5.75 Å². The zero-order chi connectivity index (χ0) is 18.5. The first-order valence-corrected chi connectivity index (χ1v) is 8.20. The quantitative estimate of drug-likeness (QED) is 0.683. The molecule has 2 aromatic rings. The van der Waals surface area contributed by atoms with Gasteiger partial charge >= 0.3 is 0 Å². The molecule has 8 nitrogen and oxygen atoms in total. The van der Waals surface area contributed by atoms with E-state index in [4.69, 9.17) is 9.15 Å². The molecule has 8 heteroatoms. The highest BCUT2D eigenvalue weighted by Gasteiger charge is 2.29. The SMILES string of the molecule is Cc1occc1C(=O)NNC(=O)COc1cccc(NC(=O)C2CC2)c1. The van der Waals surface area contributed by atoms with Crippen molar-refractivity contribution in [3.63, 3.8) is 0 Å². The topological polar surface area (TPSA) is 110 Å². The summed E-state index contributed by atoms with van der Waals surface area (Å²) in [5.41, 5.74) is 5.50. The lowest BCUT2D eigenvalue weighted by Gasteiger charge is -2.10. The van der Waals surface area contributed by atoms with Gasteiger partial charge < -0.3 is 14.5 Å². The number of hydrogen-bond donors (Lipinski definition) is 3. The van der Waals surface area contributed by atoms with E-state index in [0.29, 0.717) is 22.8 Å². The molecule has 0 unspecified atom stereocenters. The molecule has 3 rings (SSSR count). The van der Waals surface area contributed by atoms with Crippen molar-refractivity contribution in [1.29, 1.82) is 0 Å². The van der Waals surface area contributed by atoms with Crippen molar-refractivity contribution in [2.45, 2.75) is 19.8 Å². The van der Waals surface area contributed by atoms with Crippen LogP contribution in [0.5, 0.6) is 5.75 Å². The number of benzene rings is 1. The van der Waals surface area contributed by atoms with Gasteiger partial charge in [0.25, 0.3) is 11.8 Å². The van der Waals surface area contributed by atoms with E-state index in [-0.39, 0.29) is 18.4 Å². The monoisotopic (exact) mass is 357 g/mol. The van der Waals surface area contributed by atoms with E-state index in [1.54, 1.807) is 31.2 Å². The first kappa shape index (κ1) is 17.5. The maximum Gasteiger partial charge on any atom is 0.276 e. The lowest BCUT2D eigenvalue weighted by molar-refractivity contribution is -0.123. The van der Waals surface area contributed by atoms with Gasteiger partial charge in [0.1, 0.15) is 11.5 Å². The van der Waals surface area contributed by atoms with E-state index in [2.05, 4.69) is 16.2 Å². The van der Waals surface area contributed by atoms with E-state index in [1.807, 2.05) is 0 Å². The number of rotatable bonds is 6. The van der Waals surface area contributed by atoms with Gasteiger partial charge in [-0.15, -0.1) is 0 Å². The molecule has 1 aliphatic rings. The van der Waals surface area contributed by atoms with Gasteiger partial charge in [0.15, 0.2) is 6.61 Å². The molecule has 0 bridgehead atoms. The zero-order valence-electron chi connectivity index (χ0n) is 14.2. The second-order valence-electron chi connectivity index (χ2n) is 5.97. The van der Waals surface area contributed by atoms with Crippen molar-refractivity contribution in [2.24, 2.45) is 5.92 Å². The van der Waals surface area contributed by atoms with Crippen LogP contribution in [0, 0.1) is 12.8 Å². The molecule has 1 heterocycles.